The van der Waals surface area contributed by atoms with E-state index in [1.165, 1.54) is 18.2 Å². The molecule has 5 rings (SSSR count). The molecule has 3 heterocycles. The Morgan fingerprint density at radius 1 is 1.10 bits per heavy atom. The zero-order chi connectivity index (χ0) is 28.4. The number of rotatable bonds is 10. The van der Waals surface area contributed by atoms with Crippen molar-refractivity contribution in [1.29, 1.82) is 0 Å². The first kappa shape index (κ1) is 28.3. The summed E-state index contributed by atoms with van der Waals surface area (Å²) in [5.41, 5.74) is 3.66. The number of aryl methyl sites for hydroxylation is 3. The monoisotopic (exact) mass is 584 g/mol. The molecule has 0 spiro atoms. The number of sulfone groups is 1. The van der Waals surface area contributed by atoms with Crippen molar-refractivity contribution in [2.24, 2.45) is 5.92 Å². The van der Waals surface area contributed by atoms with E-state index in [1.54, 1.807) is 31.6 Å². The molecule has 212 valence electrons. The van der Waals surface area contributed by atoms with Gasteiger partial charge in [-0.2, -0.15) is 4.98 Å². The molecule has 2 N–H and O–H groups in total. The van der Waals surface area contributed by atoms with Crippen molar-refractivity contribution in [2.75, 3.05) is 36.6 Å². The Bertz CT molecular complexity index is 1640. The number of benzene rings is 1. The van der Waals surface area contributed by atoms with Gasteiger partial charge >= 0.3 is 0 Å². The van der Waals surface area contributed by atoms with Gasteiger partial charge in [0.2, 0.25) is 5.95 Å². The van der Waals surface area contributed by atoms with Crippen molar-refractivity contribution in [2.45, 2.75) is 51.0 Å². The Morgan fingerprint density at radius 3 is 2.67 bits per heavy atom. The number of halogens is 1. The van der Waals surface area contributed by atoms with Gasteiger partial charge in [-0.3, -0.25) is 4.98 Å². The second kappa shape index (κ2) is 11.7. The highest BCUT2D eigenvalue weighted by molar-refractivity contribution is 7.91. The maximum absolute atomic E-state index is 13.7. The fraction of sp³-hybridized carbons (Fsp3) is 0.429. The lowest BCUT2D eigenvalue weighted by Gasteiger charge is -2.18. The maximum Gasteiger partial charge on any atom is 0.224 e. The Hall–Kier alpha value is -3.22. The Morgan fingerprint density at radius 2 is 1.93 bits per heavy atom. The maximum atomic E-state index is 13.7. The summed E-state index contributed by atoms with van der Waals surface area (Å²) < 4.78 is 46.1. The fourth-order valence-electron chi connectivity index (χ4n) is 5.13. The summed E-state index contributed by atoms with van der Waals surface area (Å²) in [4.78, 5) is 18.9. The van der Waals surface area contributed by atoms with E-state index >= 15 is 0 Å². The van der Waals surface area contributed by atoms with Crippen LogP contribution in [0.1, 0.15) is 36.2 Å². The molecule has 3 aromatic heterocycles. The van der Waals surface area contributed by atoms with Crippen LogP contribution in [-0.4, -0.2) is 60.4 Å². The van der Waals surface area contributed by atoms with Crippen LogP contribution in [0, 0.1) is 32.5 Å². The normalized spacial score (nSPS) is 17.4. The van der Waals surface area contributed by atoms with Gasteiger partial charge in [0, 0.05) is 25.9 Å². The minimum atomic E-state index is -3.53. The van der Waals surface area contributed by atoms with Gasteiger partial charge in [0.05, 0.1) is 38.9 Å². The van der Waals surface area contributed by atoms with Crippen LogP contribution < -0.4 is 10.6 Å². The second-order valence-electron chi connectivity index (χ2n) is 10.3. The smallest absolute Gasteiger partial charge is 0.224 e. The number of nitrogens with zero attached hydrogens (tertiary/aromatic N) is 4. The van der Waals surface area contributed by atoms with E-state index in [0.717, 1.165) is 45.0 Å². The second-order valence-corrected chi connectivity index (χ2v) is 13.3. The van der Waals surface area contributed by atoms with Crippen molar-refractivity contribution < 1.29 is 17.5 Å². The van der Waals surface area contributed by atoms with Crippen LogP contribution >= 0.6 is 11.3 Å². The van der Waals surface area contributed by atoms with Crippen LogP contribution in [0.2, 0.25) is 0 Å². The predicted molar refractivity (Wildman–Crippen MR) is 156 cm³/mol. The zero-order valence-electron chi connectivity index (χ0n) is 23.0. The largest absolute Gasteiger partial charge is 0.383 e. The standard InChI is InChI=1S/C28H33FN6O3S2/c1-16-13-21(7-8-22(16)29)40(36,37)15-19-5-6-20(14-19)33-26-24(17(2)32-28(35-26)31-11-12-38-4)27-34-25-18(3)30-10-9-23(25)39-27/h7-10,13,19-20H,5-6,11-12,14-15H2,1-4H3,(H2,31,32,33,35)/t19-,20+/m1/s1. The van der Waals surface area contributed by atoms with Crippen molar-refractivity contribution in [3.63, 3.8) is 0 Å². The van der Waals surface area contributed by atoms with Gasteiger partial charge in [-0.25, -0.2) is 22.8 Å². The van der Waals surface area contributed by atoms with Crippen LogP contribution in [0.4, 0.5) is 16.2 Å². The highest BCUT2D eigenvalue weighted by atomic mass is 32.2. The lowest BCUT2D eigenvalue weighted by atomic mass is 10.1. The lowest BCUT2D eigenvalue weighted by molar-refractivity contribution is 0.210. The molecule has 1 aliphatic carbocycles. The molecule has 1 aliphatic rings. The molecule has 2 atom stereocenters. The Labute approximate surface area is 237 Å². The van der Waals surface area contributed by atoms with Crippen LogP contribution in [0.5, 0.6) is 0 Å². The summed E-state index contributed by atoms with van der Waals surface area (Å²) >= 11 is 1.57. The molecule has 0 bridgehead atoms. The summed E-state index contributed by atoms with van der Waals surface area (Å²) in [6.45, 7) is 6.54. The van der Waals surface area contributed by atoms with Crippen LogP contribution in [0.25, 0.3) is 20.8 Å². The van der Waals surface area contributed by atoms with E-state index in [9.17, 15) is 12.8 Å². The highest BCUT2D eigenvalue weighted by Crippen LogP contribution is 2.38. The summed E-state index contributed by atoms with van der Waals surface area (Å²) in [7, 11) is -1.89. The first-order valence-electron chi connectivity index (χ1n) is 13.2. The molecule has 0 saturated heterocycles. The number of fused-ring (bicyclic) bond motifs is 1. The van der Waals surface area contributed by atoms with E-state index in [4.69, 9.17) is 14.7 Å². The molecule has 9 nitrogen and oxygen atoms in total. The Balaban J connectivity index is 1.39. The van der Waals surface area contributed by atoms with Crippen molar-refractivity contribution >= 4 is 43.2 Å². The van der Waals surface area contributed by atoms with E-state index < -0.39 is 15.7 Å². The average molecular weight is 585 g/mol. The number of methoxy groups -OCH3 is 1. The molecular formula is C28H33FN6O3S2. The molecule has 0 aliphatic heterocycles. The van der Waals surface area contributed by atoms with E-state index in [2.05, 4.69) is 20.6 Å². The van der Waals surface area contributed by atoms with Crippen molar-refractivity contribution in [3.05, 3.63) is 53.2 Å². The average Bonchev–Trinajstić information content (AvgIpc) is 3.52. The molecular weight excluding hydrogens is 551 g/mol. The third-order valence-corrected chi connectivity index (χ3v) is 10.1. The van der Waals surface area contributed by atoms with Crippen molar-refractivity contribution in [3.8, 4) is 10.6 Å². The molecule has 12 heteroatoms. The number of ether oxygens (including phenoxy) is 1. The predicted octanol–water partition coefficient (Wildman–Crippen LogP) is 5.33. The molecule has 4 aromatic rings. The molecule has 0 radical (unpaired) electrons. The summed E-state index contributed by atoms with van der Waals surface area (Å²) in [5.74, 6) is 0.758. The first-order chi connectivity index (χ1) is 19.1. The quantitative estimate of drug-likeness (QED) is 0.188. The van der Waals surface area contributed by atoms with Gasteiger partial charge in [0.1, 0.15) is 22.2 Å². The van der Waals surface area contributed by atoms with Crippen molar-refractivity contribution in [1.82, 2.24) is 19.9 Å². The number of anilines is 2. The van der Waals surface area contributed by atoms with Gasteiger partial charge in [-0.15, -0.1) is 11.3 Å². The van der Waals surface area contributed by atoms with Gasteiger partial charge in [-0.1, -0.05) is 0 Å². The SMILES string of the molecule is COCCNc1nc(C)c(-c2nc3c(C)nccc3s2)c(N[C@H]2CC[C@@H](CS(=O)(=O)c3ccc(F)c(C)c3)C2)n1. The van der Waals surface area contributed by atoms with Crippen LogP contribution in [0.15, 0.2) is 35.4 Å². The van der Waals surface area contributed by atoms with Gasteiger partial charge in [0.15, 0.2) is 9.84 Å². The van der Waals surface area contributed by atoms with E-state index in [1.807, 2.05) is 19.9 Å². The lowest BCUT2D eigenvalue weighted by Crippen LogP contribution is -2.21. The third-order valence-electron chi connectivity index (χ3n) is 7.21. The highest BCUT2D eigenvalue weighted by Gasteiger charge is 2.31. The zero-order valence-corrected chi connectivity index (χ0v) is 24.6. The Kier molecular flexibility index (Phi) is 8.29. The molecule has 1 aromatic carbocycles. The summed E-state index contributed by atoms with van der Waals surface area (Å²) in [6, 6.07) is 5.98. The number of aromatic nitrogens is 4. The van der Waals surface area contributed by atoms with Gasteiger partial charge < -0.3 is 15.4 Å². The fourth-order valence-corrected chi connectivity index (χ4v) is 7.99. The number of hydrogen-bond donors (Lipinski definition) is 2. The molecule has 1 fully saturated rings. The molecule has 40 heavy (non-hydrogen) atoms. The summed E-state index contributed by atoms with van der Waals surface area (Å²) in [5, 5.41) is 7.61. The first-order valence-corrected chi connectivity index (χ1v) is 15.7. The van der Waals surface area contributed by atoms with Gasteiger partial charge in [-0.05, 0) is 75.8 Å². The van der Waals surface area contributed by atoms with Crippen LogP contribution in [0.3, 0.4) is 0 Å². The molecule has 0 amide bonds. The van der Waals surface area contributed by atoms with E-state index in [0.29, 0.717) is 36.9 Å². The number of nitrogens with one attached hydrogen (secondary N) is 2. The minimum absolute atomic E-state index is 0.0188. The number of thiazole rings is 1. The van der Waals surface area contributed by atoms with Crippen LogP contribution in [-0.2, 0) is 14.6 Å². The van der Waals surface area contributed by atoms with Gasteiger partial charge in [0.25, 0.3) is 0 Å². The topological polar surface area (TPSA) is 119 Å². The van der Waals surface area contributed by atoms with E-state index in [-0.39, 0.29) is 22.6 Å². The molecule has 1 saturated carbocycles. The third kappa shape index (κ3) is 6.08. The minimum Gasteiger partial charge on any atom is -0.383 e. The number of pyridine rings is 1. The summed E-state index contributed by atoms with van der Waals surface area (Å²) in [6.07, 6.45) is 4.03. The molecule has 0 unspecified atom stereocenters. The number of hydrogen-bond acceptors (Lipinski definition) is 10.